The molecular formula is C16H15ClFNO4S. The van der Waals surface area contributed by atoms with E-state index in [-0.39, 0.29) is 16.5 Å². The number of benzene rings is 2. The zero-order valence-corrected chi connectivity index (χ0v) is 14.4. The van der Waals surface area contributed by atoms with Gasteiger partial charge in [0.15, 0.2) is 11.5 Å². The van der Waals surface area contributed by atoms with E-state index in [4.69, 9.17) is 21.1 Å². The topological polar surface area (TPSA) is 55.8 Å². The van der Waals surface area contributed by atoms with Crippen molar-refractivity contribution >= 4 is 21.6 Å². The summed E-state index contributed by atoms with van der Waals surface area (Å²) >= 11 is 5.87. The summed E-state index contributed by atoms with van der Waals surface area (Å²) in [6.45, 7) is 1.06. The second-order valence-corrected chi connectivity index (χ2v) is 7.73. The predicted molar refractivity (Wildman–Crippen MR) is 87.5 cm³/mol. The maximum absolute atomic E-state index is 13.1. The lowest BCUT2D eigenvalue weighted by molar-refractivity contribution is 0.171. The van der Waals surface area contributed by atoms with Crippen LogP contribution < -0.4 is 9.47 Å². The Morgan fingerprint density at radius 2 is 1.83 bits per heavy atom. The number of fused-ring (bicyclic) bond motifs is 1. The summed E-state index contributed by atoms with van der Waals surface area (Å²) < 4.78 is 50.4. The Labute approximate surface area is 144 Å². The number of rotatable bonds is 4. The first-order valence-electron chi connectivity index (χ1n) is 7.18. The van der Waals surface area contributed by atoms with Crippen LogP contribution in [0.5, 0.6) is 11.5 Å². The lowest BCUT2D eigenvalue weighted by Gasteiger charge is -2.21. The van der Waals surface area contributed by atoms with E-state index >= 15 is 0 Å². The molecule has 5 nitrogen and oxygen atoms in total. The van der Waals surface area contributed by atoms with E-state index in [9.17, 15) is 12.8 Å². The second-order valence-electron chi connectivity index (χ2n) is 5.31. The van der Waals surface area contributed by atoms with Crippen LogP contribution in [0.1, 0.15) is 5.56 Å². The van der Waals surface area contributed by atoms with Gasteiger partial charge in [-0.25, -0.2) is 12.8 Å². The zero-order chi connectivity index (χ0) is 17.3. The molecule has 0 saturated heterocycles. The van der Waals surface area contributed by atoms with Crippen LogP contribution in [0.3, 0.4) is 0 Å². The van der Waals surface area contributed by atoms with E-state index in [1.807, 2.05) is 0 Å². The van der Waals surface area contributed by atoms with Crippen molar-refractivity contribution < 1.29 is 22.3 Å². The number of nitrogens with zero attached hydrogens (tertiary/aromatic N) is 1. The van der Waals surface area contributed by atoms with Crippen molar-refractivity contribution in [1.82, 2.24) is 4.31 Å². The minimum absolute atomic E-state index is 0.118. The summed E-state index contributed by atoms with van der Waals surface area (Å²) in [6, 6.07) is 8.46. The highest BCUT2D eigenvalue weighted by Gasteiger charge is 2.24. The highest BCUT2D eigenvalue weighted by atomic mass is 35.5. The van der Waals surface area contributed by atoms with Gasteiger partial charge in [-0.1, -0.05) is 17.7 Å². The fourth-order valence-corrected chi connectivity index (χ4v) is 4.04. The largest absolute Gasteiger partial charge is 0.486 e. The maximum atomic E-state index is 13.1. The molecule has 0 N–H and O–H groups in total. The van der Waals surface area contributed by atoms with Crippen molar-refractivity contribution in [3.63, 3.8) is 0 Å². The minimum atomic E-state index is -3.84. The van der Waals surface area contributed by atoms with Crippen LogP contribution in [-0.4, -0.2) is 33.0 Å². The molecule has 0 amide bonds. The molecule has 0 atom stereocenters. The lowest BCUT2D eigenvalue weighted by Crippen LogP contribution is -2.27. The van der Waals surface area contributed by atoms with Crippen LogP contribution in [0.15, 0.2) is 41.3 Å². The molecule has 0 fully saturated rings. The van der Waals surface area contributed by atoms with Crippen LogP contribution in [0, 0.1) is 5.82 Å². The molecule has 1 heterocycles. The molecule has 2 aromatic rings. The summed E-state index contributed by atoms with van der Waals surface area (Å²) in [6.07, 6.45) is 0. The maximum Gasteiger partial charge on any atom is 0.244 e. The van der Waals surface area contributed by atoms with E-state index in [0.29, 0.717) is 24.7 Å². The van der Waals surface area contributed by atoms with Crippen LogP contribution in [0.25, 0.3) is 0 Å². The number of hydrogen-bond acceptors (Lipinski definition) is 4. The third-order valence-electron chi connectivity index (χ3n) is 3.59. The van der Waals surface area contributed by atoms with E-state index in [2.05, 4.69) is 0 Å². The molecule has 0 unspecified atom stereocenters. The molecular weight excluding hydrogens is 357 g/mol. The molecule has 8 heteroatoms. The van der Waals surface area contributed by atoms with Crippen molar-refractivity contribution in [2.75, 3.05) is 20.3 Å². The fraction of sp³-hybridized carbons (Fsp3) is 0.250. The van der Waals surface area contributed by atoms with Crippen LogP contribution in [-0.2, 0) is 16.6 Å². The summed E-state index contributed by atoms with van der Waals surface area (Å²) in [7, 11) is -2.41. The van der Waals surface area contributed by atoms with Gasteiger partial charge in [-0.3, -0.25) is 0 Å². The van der Waals surface area contributed by atoms with Gasteiger partial charge in [0.2, 0.25) is 10.0 Å². The molecule has 0 bridgehead atoms. The van der Waals surface area contributed by atoms with Gasteiger partial charge in [0, 0.05) is 13.6 Å². The number of ether oxygens (including phenoxy) is 2. The summed E-state index contributed by atoms with van der Waals surface area (Å²) in [5.74, 6) is 0.634. The van der Waals surface area contributed by atoms with Crippen molar-refractivity contribution in [2.24, 2.45) is 0 Å². The van der Waals surface area contributed by atoms with E-state index < -0.39 is 15.8 Å². The van der Waals surface area contributed by atoms with Gasteiger partial charge in [-0.15, -0.1) is 0 Å². The molecule has 1 aliphatic rings. The van der Waals surface area contributed by atoms with Gasteiger partial charge in [0.1, 0.15) is 23.9 Å². The first-order chi connectivity index (χ1) is 11.4. The molecule has 2 aromatic carbocycles. The van der Waals surface area contributed by atoms with Gasteiger partial charge in [-0.2, -0.15) is 4.31 Å². The smallest absolute Gasteiger partial charge is 0.244 e. The number of sulfonamides is 1. The SMILES string of the molecule is CN(Cc1ccc2c(c1)OCCO2)S(=O)(=O)c1ccc(F)cc1Cl. The number of halogens is 2. The minimum Gasteiger partial charge on any atom is -0.486 e. The quantitative estimate of drug-likeness (QED) is 0.828. The molecule has 24 heavy (non-hydrogen) atoms. The van der Waals surface area contributed by atoms with E-state index in [1.54, 1.807) is 18.2 Å². The van der Waals surface area contributed by atoms with Crippen LogP contribution >= 0.6 is 11.6 Å². The standard InChI is InChI=1S/C16H15ClFNO4S/c1-19(24(20,21)16-5-3-12(18)9-13(16)17)10-11-2-4-14-15(8-11)23-7-6-22-14/h2-5,8-9H,6-7,10H2,1H3. The average molecular weight is 372 g/mol. The third-order valence-corrected chi connectivity index (χ3v) is 5.88. The Bertz CT molecular complexity index is 872. The monoisotopic (exact) mass is 371 g/mol. The first-order valence-corrected chi connectivity index (χ1v) is 8.99. The molecule has 0 radical (unpaired) electrons. The molecule has 0 aliphatic carbocycles. The lowest BCUT2D eigenvalue weighted by atomic mass is 10.2. The molecule has 0 aromatic heterocycles. The predicted octanol–water partition coefficient (Wildman–Crippen LogP) is 3.07. The zero-order valence-electron chi connectivity index (χ0n) is 12.8. The van der Waals surface area contributed by atoms with Gasteiger partial charge in [0.05, 0.1) is 5.02 Å². The van der Waals surface area contributed by atoms with Crippen molar-refractivity contribution in [3.8, 4) is 11.5 Å². The highest BCUT2D eigenvalue weighted by Crippen LogP contribution is 2.32. The Kier molecular flexibility index (Phi) is 4.67. The van der Waals surface area contributed by atoms with Gasteiger partial charge in [-0.05, 0) is 35.9 Å². The Morgan fingerprint density at radius 3 is 2.54 bits per heavy atom. The van der Waals surface area contributed by atoms with Crippen molar-refractivity contribution in [3.05, 3.63) is 52.8 Å². The second kappa shape index (κ2) is 6.58. The molecule has 0 saturated carbocycles. The highest BCUT2D eigenvalue weighted by molar-refractivity contribution is 7.89. The van der Waals surface area contributed by atoms with E-state index in [1.165, 1.54) is 7.05 Å². The molecule has 3 rings (SSSR count). The third kappa shape index (κ3) is 3.33. The molecule has 1 aliphatic heterocycles. The first kappa shape index (κ1) is 17.0. The van der Waals surface area contributed by atoms with Gasteiger partial charge in [0.25, 0.3) is 0 Å². The summed E-state index contributed by atoms with van der Waals surface area (Å²) in [5, 5.41) is -0.149. The normalized spacial score (nSPS) is 14.0. The Hall–Kier alpha value is -1.83. The average Bonchev–Trinajstić information content (AvgIpc) is 2.54. The summed E-state index contributed by atoms with van der Waals surface area (Å²) in [5.41, 5.74) is 0.739. The molecule has 128 valence electrons. The fourth-order valence-electron chi connectivity index (χ4n) is 2.38. The van der Waals surface area contributed by atoms with Crippen molar-refractivity contribution in [1.29, 1.82) is 0 Å². The van der Waals surface area contributed by atoms with Crippen molar-refractivity contribution in [2.45, 2.75) is 11.4 Å². The molecule has 0 spiro atoms. The Balaban J connectivity index is 1.84. The van der Waals surface area contributed by atoms with Gasteiger partial charge >= 0.3 is 0 Å². The van der Waals surface area contributed by atoms with Gasteiger partial charge < -0.3 is 9.47 Å². The van der Waals surface area contributed by atoms with E-state index in [0.717, 1.165) is 28.1 Å². The van der Waals surface area contributed by atoms with Crippen LogP contribution in [0.4, 0.5) is 4.39 Å². The summed E-state index contributed by atoms with van der Waals surface area (Å²) in [4.78, 5) is -0.134. The number of hydrogen-bond donors (Lipinski definition) is 0. The van der Waals surface area contributed by atoms with Crippen LogP contribution in [0.2, 0.25) is 5.02 Å². The Morgan fingerprint density at radius 1 is 1.12 bits per heavy atom.